The molecule has 6 nitrogen and oxygen atoms in total. The lowest BCUT2D eigenvalue weighted by atomic mass is 10.0. The van der Waals surface area contributed by atoms with Gasteiger partial charge in [0.05, 0.1) is 29.9 Å². The first-order chi connectivity index (χ1) is 19.2. The molecule has 3 aromatic heterocycles. The third-order valence-electron chi connectivity index (χ3n) is 8.67. The van der Waals surface area contributed by atoms with E-state index in [1.165, 1.54) is 40.5 Å². The standard InChI is InChI=1S/C34H40N4O2/c1-9-22-18(4)26-14-27-19(5)23(10-2)31(36-27)17-32-24(11-3)20(6)28(37-32)16-33-25(12-13-34(39)40-8)21(7)29(38-33)15-30(22)35-26/h14-17,35,37H,9-13H2,1-8H3. The van der Waals surface area contributed by atoms with Crippen LogP contribution in [0.1, 0.15) is 98.9 Å². The zero-order valence-electron chi connectivity index (χ0n) is 25.1. The van der Waals surface area contributed by atoms with Gasteiger partial charge in [-0.2, -0.15) is 0 Å². The van der Waals surface area contributed by atoms with Crippen LogP contribution in [-0.2, 0) is 22.4 Å². The number of aromatic nitrogens is 4. The van der Waals surface area contributed by atoms with Gasteiger partial charge >= 0.3 is 5.97 Å². The number of carbonyl (C=O) groups excluding carboxylic acids is 1. The van der Waals surface area contributed by atoms with Crippen molar-refractivity contribution in [3.05, 3.63) is 69.3 Å². The molecule has 5 heterocycles. The predicted octanol–water partition coefficient (Wildman–Crippen LogP) is 8.28. The van der Waals surface area contributed by atoms with Gasteiger partial charge in [0.1, 0.15) is 0 Å². The summed E-state index contributed by atoms with van der Waals surface area (Å²) in [5.41, 5.74) is 17.8. The van der Waals surface area contributed by atoms with Crippen molar-refractivity contribution in [3.8, 4) is 0 Å². The van der Waals surface area contributed by atoms with Crippen LogP contribution >= 0.6 is 0 Å². The topological polar surface area (TPSA) is 83.7 Å². The highest BCUT2D eigenvalue weighted by molar-refractivity contribution is 5.95. The number of carbonyl (C=O) groups is 1. The van der Waals surface area contributed by atoms with Crippen molar-refractivity contribution < 1.29 is 9.53 Å². The molecule has 3 aromatic rings. The van der Waals surface area contributed by atoms with Crippen molar-refractivity contribution in [3.63, 3.8) is 0 Å². The molecule has 0 spiro atoms. The van der Waals surface area contributed by atoms with Crippen molar-refractivity contribution >= 4 is 50.3 Å². The number of nitrogens with zero attached hydrogens (tertiary/aromatic N) is 2. The van der Waals surface area contributed by atoms with Crippen LogP contribution in [-0.4, -0.2) is 33.0 Å². The smallest absolute Gasteiger partial charge is 0.305 e. The lowest BCUT2D eigenvalue weighted by Gasteiger charge is -2.04. The molecule has 6 heteroatoms. The summed E-state index contributed by atoms with van der Waals surface area (Å²) in [4.78, 5) is 29.7. The van der Waals surface area contributed by atoms with E-state index in [9.17, 15) is 4.79 Å². The molecule has 0 aromatic carbocycles. The van der Waals surface area contributed by atoms with Crippen LogP contribution in [0, 0.1) is 13.8 Å². The van der Waals surface area contributed by atoms with Gasteiger partial charge in [0, 0.05) is 28.5 Å². The lowest BCUT2D eigenvalue weighted by molar-refractivity contribution is -0.140. The van der Waals surface area contributed by atoms with Crippen LogP contribution in [0.2, 0.25) is 0 Å². The molecule has 2 aliphatic rings. The Hall–Kier alpha value is -3.93. The molecule has 40 heavy (non-hydrogen) atoms. The molecule has 0 aliphatic carbocycles. The van der Waals surface area contributed by atoms with Crippen molar-refractivity contribution in [1.82, 2.24) is 19.9 Å². The van der Waals surface area contributed by atoms with Gasteiger partial charge in [-0.15, -0.1) is 0 Å². The quantitative estimate of drug-likeness (QED) is 0.311. The van der Waals surface area contributed by atoms with Crippen molar-refractivity contribution in [2.24, 2.45) is 0 Å². The Bertz CT molecular complexity index is 1750. The minimum atomic E-state index is -0.214. The molecule has 2 N–H and O–H groups in total. The van der Waals surface area contributed by atoms with Crippen LogP contribution in [0.5, 0.6) is 0 Å². The highest BCUT2D eigenvalue weighted by atomic mass is 16.5. The number of aromatic amines is 2. The Morgan fingerprint density at radius 2 is 1.12 bits per heavy atom. The summed E-state index contributed by atoms with van der Waals surface area (Å²) in [6.45, 7) is 15.2. The van der Waals surface area contributed by atoms with E-state index < -0.39 is 0 Å². The fourth-order valence-corrected chi connectivity index (χ4v) is 6.22. The number of hydrogen-bond donors (Lipinski definition) is 2. The zero-order valence-corrected chi connectivity index (χ0v) is 25.1. The fraction of sp³-hybridized carbons (Fsp3) is 0.382. The summed E-state index contributed by atoms with van der Waals surface area (Å²) in [5.74, 6) is -0.214. The Morgan fingerprint density at radius 1 is 0.675 bits per heavy atom. The van der Waals surface area contributed by atoms with Gasteiger partial charge in [-0.3, -0.25) is 4.79 Å². The second-order valence-electron chi connectivity index (χ2n) is 10.8. The Balaban J connectivity index is 1.92. The van der Waals surface area contributed by atoms with E-state index in [-0.39, 0.29) is 5.97 Å². The summed E-state index contributed by atoms with van der Waals surface area (Å²) in [6.07, 6.45) is 3.63. The molecule has 8 bridgehead atoms. The zero-order chi connectivity index (χ0) is 28.7. The molecule has 0 fully saturated rings. The van der Waals surface area contributed by atoms with Gasteiger partial charge in [-0.1, -0.05) is 20.8 Å². The van der Waals surface area contributed by atoms with Crippen LogP contribution < -0.4 is 0 Å². The molecular weight excluding hydrogens is 496 g/mol. The number of hydrogen-bond acceptors (Lipinski definition) is 4. The minimum absolute atomic E-state index is 0.214. The van der Waals surface area contributed by atoms with Gasteiger partial charge in [-0.05, 0) is 122 Å². The first-order valence-corrected chi connectivity index (χ1v) is 14.4. The van der Waals surface area contributed by atoms with E-state index in [2.05, 4.69) is 82.7 Å². The van der Waals surface area contributed by atoms with Crippen LogP contribution in [0.3, 0.4) is 0 Å². The van der Waals surface area contributed by atoms with E-state index >= 15 is 0 Å². The third-order valence-corrected chi connectivity index (χ3v) is 8.67. The van der Waals surface area contributed by atoms with E-state index in [1.807, 2.05) is 0 Å². The second-order valence-corrected chi connectivity index (χ2v) is 10.8. The average Bonchev–Trinajstić information content (AvgIpc) is 3.60. The van der Waals surface area contributed by atoms with Crippen LogP contribution in [0.15, 0.2) is 24.3 Å². The second kappa shape index (κ2) is 10.9. The summed E-state index contributed by atoms with van der Waals surface area (Å²) in [6, 6.07) is 8.71. The highest BCUT2D eigenvalue weighted by Crippen LogP contribution is 2.36. The molecule has 0 amide bonds. The molecule has 0 saturated carbocycles. The molecule has 2 aliphatic heterocycles. The van der Waals surface area contributed by atoms with Gasteiger partial charge in [-0.25, -0.2) is 9.97 Å². The fourth-order valence-electron chi connectivity index (χ4n) is 6.22. The number of fused-ring (bicyclic) bond motifs is 8. The van der Waals surface area contributed by atoms with Crippen LogP contribution in [0.4, 0.5) is 0 Å². The normalized spacial score (nSPS) is 13.4. The maximum atomic E-state index is 12.1. The Kier molecular flexibility index (Phi) is 7.54. The van der Waals surface area contributed by atoms with Crippen molar-refractivity contribution in [1.29, 1.82) is 0 Å². The number of H-pyrrole nitrogens is 2. The van der Waals surface area contributed by atoms with Gasteiger partial charge in [0.25, 0.3) is 0 Å². The Labute approximate surface area is 236 Å². The lowest BCUT2D eigenvalue weighted by Crippen LogP contribution is -2.00. The summed E-state index contributed by atoms with van der Waals surface area (Å²) < 4.78 is 4.95. The highest BCUT2D eigenvalue weighted by Gasteiger charge is 2.20. The number of nitrogens with one attached hydrogen (secondary N) is 2. The summed E-state index contributed by atoms with van der Waals surface area (Å²) in [5, 5.41) is 0. The van der Waals surface area contributed by atoms with Crippen molar-refractivity contribution in [2.45, 2.75) is 80.6 Å². The molecule has 0 saturated heterocycles. The van der Waals surface area contributed by atoms with E-state index in [0.29, 0.717) is 12.8 Å². The first-order valence-electron chi connectivity index (χ1n) is 14.4. The third kappa shape index (κ3) is 4.70. The maximum Gasteiger partial charge on any atom is 0.305 e. The number of rotatable bonds is 6. The van der Waals surface area contributed by atoms with Gasteiger partial charge in [0.2, 0.25) is 0 Å². The maximum absolute atomic E-state index is 12.1. The minimum Gasteiger partial charge on any atom is -0.469 e. The first kappa shape index (κ1) is 27.6. The van der Waals surface area contributed by atoms with E-state index in [4.69, 9.17) is 14.7 Å². The van der Waals surface area contributed by atoms with Crippen LogP contribution in [0.25, 0.3) is 44.4 Å². The molecular formula is C34H40N4O2. The number of ether oxygens (including phenoxy) is 1. The van der Waals surface area contributed by atoms with Gasteiger partial charge in [0.15, 0.2) is 0 Å². The molecule has 208 valence electrons. The van der Waals surface area contributed by atoms with Crippen molar-refractivity contribution in [2.75, 3.05) is 7.11 Å². The molecule has 5 rings (SSSR count). The van der Waals surface area contributed by atoms with E-state index in [0.717, 1.165) is 75.3 Å². The SMILES string of the molecule is CCC1=C(C)c2cc3[nH]c(cc4nc(cc5[nH]c(cc1n2)c(CC)c5C)C(CCC(=O)OC)=C4C)c(CC)c3C. The molecule has 0 unspecified atom stereocenters. The number of aryl methyl sites for hydroxylation is 4. The predicted molar refractivity (Wildman–Crippen MR) is 166 cm³/mol. The number of esters is 1. The Morgan fingerprint density at radius 3 is 1.62 bits per heavy atom. The number of methoxy groups -OCH3 is 1. The number of allylic oxidation sites excluding steroid dienone is 4. The molecule has 0 atom stereocenters. The summed E-state index contributed by atoms with van der Waals surface area (Å²) >= 11 is 0. The summed E-state index contributed by atoms with van der Waals surface area (Å²) in [7, 11) is 1.44. The monoisotopic (exact) mass is 536 g/mol. The largest absolute Gasteiger partial charge is 0.469 e. The average molecular weight is 537 g/mol. The van der Waals surface area contributed by atoms with Gasteiger partial charge < -0.3 is 14.7 Å². The molecule has 0 radical (unpaired) electrons. The van der Waals surface area contributed by atoms with E-state index in [1.54, 1.807) is 0 Å².